The van der Waals surface area contributed by atoms with Gasteiger partial charge < -0.3 is 10.5 Å². The smallest absolute Gasteiger partial charge is 0.128 e. The molecule has 1 aliphatic heterocycles. The number of hydrogen-bond acceptors (Lipinski definition) is 4. The van der Waals surface area contributed by atoms with E-state index in [0.29, 0.717) is 23.6 Å². The first kappa shape index (κ1) is 14.4. The summed E-state index contributed by atoms with van der Waals surface area (Å²) >= 11 is 6.31. The van der Waals surface area contributed by atoms with E-state index in [1.54, 1.807) is 6.07 Å². The maximum atomic E-state index is 8.97. The number of halogens is 1. The van der Waals surface area contributed by atoms with Gasteiger partial charge in [-0.3, -0.25) is 0 Å². The summed E-state index contributed by atoms with van der Waals surface area (Å²) in [5.41, 5.74) is 9.94. The summed E-state index contributed by atoms with van der Waals surface area (Å²) < 4.78 is 5.77. The van der Waals surface area contributed by atoms with Gasteiger partial charge in [0.05, 0.1) is 23.7 Å². The Kier molecular flexibility index (Phi) is 3.73. The van der Waals surface area contributed by atoms with Crippen LogP contribution in [0.5, 0.6) is 5.75 Å². The van der Waals surface area contributed by atoms with Crippen molar-refractivity contribution >= 4 is 11.6 Å². The fraction of sp³-hybridized carbons (Fsp3) is 0.176. The molecular weight excluding hydrogens is 298 g/mol. The van der Waals surface area contributed by atoms with Crippen LogP contribution >= 0.6 is 11.6 Å². The first-order valence-electron chi connectivity index (χ1n) is 6.76. The Bertz CT molecular complexity index is 833. The standard InChI is InChI=1S/C17H12ClN3O/c18-16-6-15-14-2-1-10(7-19)3-12(14)9-22-17(15)5-11(16)4-13(21)8-20/h1-3,5-6,13H,4,9,21H2. The van der Waals surface area contributed by atoms with Crippen molar-refractivity contribution in [1.29, 1.82) is 10.5 Å². The van der Waals surface area contributed by atoms with Crippen molar-refractivity contribution in [3.8, 4) is 29.0 Å². The van der Waals surface area contributed by atoms with Gasteiger partial charge in [-0.1, -0.05) is 17.7 Å². The van der Waals surface area contributed by atoms with Crippen LogP contribution in [0.25, 0.3) is 11.1 Å². The highest BCUT2D eigenvalue weighted by Crippen LogP contribution is 2.41. The molecule has 0 spiro atoms. The largest absolute Gasteiger partial charge is 0.488 e. The maximum Gasteiger partial charge on any atom is 0.128 e. The van der Waals surface area contributed by atoms with Crippen molar-refractivity contribution < 1.29 is 4.74 Å². The molecule has 0 aliphatic carbocycles. The second kappa shape index (κ2) is 5.69. The second-order valence-corrected chi connectivity index (χ2v) is 5.56. The summed E-state index contributed by atoms with van der Waals surface area (Å²) in [7, 11) is 0. The zero-order valence-corrected chi connectivity index (χ0v) is 12.4. The zero-order valence-electron chi connectivity index (χ0n) is 11.6. The summed E-state index contributed by atoms with van der Waals surface area (Å²) in [6, 6.07) is 12.7. The van der Waals surface area contributed by atoms with Gasteiger partial charge in [0.25, 0.3) is 0 Å². The molecule has 2 aromatic carbocycles. The summed E-state index contributed by atoms with van der Waals surface area (Å²) in [4.78, 5) is 0. The third-order valence-electron chi connectivity index (χ3n) is 3.66. The summed E-state index contributed by atoms with van der Waals surface area (Å²) in [5.74, 6) is 0.724. The average Bonchev–Trinajstić information content (AvgIpc) is 2.54. The molecule has 1 aliphatic rings. The highest BCUT2D eigenvalue weighted by molar-refractivity contribution is 6.31. The van der Waals surface area contributed by atoms with Crippen LogP contribution in [0.2, 0.25) is 5.02 Å². The van der Waals surface area contributed by atoms with Gasteiger partial charge in [0, 0.05) is 17.0 Å². The van der Waals surface area contributed by atoms with Crippen molar-refractivity contribution in [3.05, 3.63) is 52.0 Å². The average molecular weight is 310 g/mol. The van der Waals surface area contributed by atoms with Crippen LogP contribution in [0.4, 0.5) is 0 Å². The molecule has 22 heavy (non-hydrogen) atoms. The maximum absolute atomic E-state index is 8.97. The number of benzene rings is 2. The molecule has 4 nitrogen and oxygen atoms in total. The molecule has 0 saturated heterocycles. The van der Waals surface area contributed by atoms with Crippen LogP contribution in [-0.4, -0.2) is 6.04 Å². The van der Waals surface area contributed by atoms with E-state index >= 15 is 0 Å². The van der Waals surface area contributed by atoms with Gasteiger partial charge in [-0.25, -0.2) is 0 Å². The van der Waals surface area contributed by atoms with Gasteiger partial charge in [0.15, 0.2) is 0 Å². The molecule has 2 N–H and O–H groups in total. The highest BCUT2D eigenvalue weighted by Gasteiger charge is 2.20. The van der Waals surface area contributed by atoms with E-state index in [2.05, 4.69) is 6.07 Å². The fourth-order valence-electron chi connectivity index (χ4n) is 2.57. The van der Waals surface area contributed by atoms with Gasteiger partial charge in [0.1, 0.15) is 12.4 Å². The third kappa shape index (κ3) is 2.51. The normalized spacial score (nSPS) is 13.1. The lowest BCUT2D eigenvalue weighted by Gasteiger charge is -2.22. The lowest BCUT2D eigenvalue weighted by Crippen LogP contribution is -2.20. The molecule has 5 heteroatoms. The molecule has 1 unspecified atom stereocenters. The molecule has 2 aromatic rings. The summed E-state index contributed by atoms with van der Waals surface area (Å²) in [6.45, 7) is 0.406. The summed E-state index contributed by atoms with van der Waals surface area (Å²) in [5, 5.41) is 18.4. The molecule has 0 saturated carbocycles. The van der Waals surface area contributed by atoms with E-state index < -0.39 is 6.04 Å². The SMILES string of the molecule is N#Cc1ccc2c(c1)COc1cc(CC(N)C#N)c(Cl)cc1-2. The Balaban J connectivity index is 2.06. The lowest BCUT2D eigenvalue weighted by molar-refractivity contribution is 0.302. The molecule has 0 radical (unpaired) electrons. The number of nitrogens with zero attached hydrogens (tertiary/aromatic N) is 2. The number of nitrogens with two attached hydrogens (primary N) is 1. The minimum absolute atomic E-state index is 0.381. The van der Waals surface area contributed by atoms with E-state index in [1.165, 1.54) is 0 Å². The van der Waals surface area contributed by atoms with E-state index in [-0.39, 0.29) is 0 Å². The number of nitriles is 2. The van der Waals surface area contributed by atoms with Crippen LogP contribution in [0, 0.1) is 22.7 Å². The van der Waals surface area contributed by atoms with Crippen LogP contribution < -0.4 is 10.5 Å². The molecule has 3 rings (SSSR count). The van der Waals surface area contributed by atoms with Crippen LogP contribution in [0.1, 0.15) is 16.7 Å². The van der Waals surface area contributed by atoms with Crippen molar-refractivity contribution in [2.45, 2.75) is 19.1 Å². The predicted octanol–water partition coefficient (Wildman–Crippen LogP) is 3.16. The van der Waals surface area contributed by atoms with Gasteiger partial charge in [-0.15, -0.1) is 0 Å². The number of fused-ring (bicyclic) bond motifs is 3. The van der Waals surface area contributed by atoms with E-state index in [4.69, 9.17) is 32.6 Å². The van der Waals surface area contributed by atoms with Crippen molar-refractivity contribution in [1.82, 2.24) is 0 Å². The van der Waals surface area contributed by atoms with Crippen LogP contribution in [0.3, 0.4) is 0 Å². The number of ether oxygens (including phenoxy) is 1. The Morgan fingerprint density at radius 3 is 2.77 bits per heavy atom. The third-order valence-corrected chi connectivity index (χ3v) is 4.01. The molecule has 0 aromatic heterocycles. The quantitative estimate of drug-likeness (QED) is 0.923. The highest BCUT2D eigenvalue weighted by atomic mass is 35.5. The topological polar surface area (TPSA) is 82.8 Å². The molecule has 1 heterocycles. The van der Waals surface area contributed by atoms with Crippen molar-refractivity contribution in [3.63, 3.8) is 0 Å². The minimum Gasteiger partial charge on any atom is -0.488 e. The van der Waals surface area contributed by atoms with E-state index in [1.807, 2.05) is 30.3 Å². The number of hydrogen-bond donors (Lipinski definition) is 1. The van der Waals surface area contributed by atoms with Gasteiger partial charge in [-0.05, 0) is 41.0 Å². The first-order valence-corrected chi connectivity index (χ1v) is 7.14. The Morgan fingerprint density at radius 1 is 1.23 bits per heavy atom. The van der Waals surface area contributed by atoms with E-state index in [9.17, 15) is 0 Å². The molecular formula is C17H12ClN3O. The number of rotatable bonds is 2. The molecule has 0 fully saturated rings. The predicted molar refractivity (Wildman–Crippen MR) is 83.2 cm³/mol. The van der Waals surface area contributed by atoms with Gasteiger partial charge in [-0.2, -0.15) is 10.5 Å². The van der Waals surface area contributed by atoms with E-state index in [0.717, 1.165) is 28.0 Å². The molecule has 108 valence electrons. The fourth-order valence-corrected chi connectivity index (χ4v) is 2.81. The Morgan fingerprint density at radius 2 is 2.05 bits per heavy atom. The molecule has 0 amide bonds. The molecule has 0 bridgehead atoms. The van der Waals surface area contributed by atoms with Gasteiger partial charge in [0.2, 0.25) is 0 Å². The zero-order chi connectivity index (χ0) is 15.7. The Hall–Kier alpha value is -2.53. The summed E-state index contributed by atoms with van der Waals surface area (Å²) in [6.07, 6.45) is 0.381. The lowest BCUT2D eigenvalue weighted by atomic mass is 9.93. The monoisotopic (exact) mass is 309 g/mol. The van der Waals surface area contributed by atoms with Crippen molar-refractivity contribution in [2.75, 3.05) is 0 Å². The van der Waals surface area contributed by atoms with Crippen LogP contribution in [-0.2, 0) is 13.0 Å². The first-order chi connectivity index (χ1) is 10.6. The molecule has 1 atom stereocenters. The Labute approximate surface area is 133 Å². The minimum atomic E-state index is -0.593. The van der Waals surface area contributed by atoms with Crippen LogP contribution in [0.15, 0.2) is 30.3 Å². The van der Waals surface area contributed by atoms with Gasteiger partial charge >= 0.3 is 0 Å². The second-order valence-electron chi connectivity index (χ2n) is 5.15. The van der Waals surface area contributed by atoms with Crippen molar-refractivity contribution in [2.24, 2.45) is 5.73 Å².